The molecule has 2 amide bonds. The number of anilines is 1. The van der Waals surface area contributed by atoms with E-state index in [1.165, 1.54) is 16.3 Å². The molecule has 0 heterocycles. The molecule has 10 heteroatoms. The van der Waals surface area contributed by atoms with Gasteiger partial charge in [0.25, 0.3) is 0 Å². The first-order valence-corrected chi connectivity index (χ1v) is 14.3. The van der Waals surface area contributed by atoms with Gasteiger partial charge in [-0.05, 0) is 63.9 Å². The zero-order chi connectivity index (χ0) is 27.1. The van der Waals surface area contributed by atoms with Crippen molar-refractivity contribution in [3.63, 3.8) is 0 Å². The van der Waals surface area contributed by atoms with Gasteiger partial charge in [-0.2, -0.15) is 0 Å². The minimum Gasteiger partial charge on any atom is -0.495 e. The molecule has 0 fully saturated rings. The van der Waals surface area contributed by atoms with Gasteiger partial charge in [-0.3, -0.25) is 13.9 Å². The quantitative estimate of drug-likeness (QED) is 0.426. The number of nitrogens with one attached hydrogen (secondary N) is 1. The molecular formula is C26H36BrN3O5S. The fraction of sp³-hybridized carbons (Fsp3) is 0.462. The minimum atomic E-state index is -3.61. The topological polar surface area (TPSA) is 96.0 Å². The zero-order valence-corrected chi connectivity index (χ0v) is 24.1. The lowest BCUT2D eigenvalue weighted by atomic mass is 10.1. The monoisotopic (exact) mass is 581 g/mol. The highest BCUT2D eigenvalue weighted by Gasteiger charge is 2.29. The van der Waals surface area contributed by atoms with E-state index in [1.54, 1.807) is 31.2 Å². The maximum absolute atomic E-state index is 13.4. The van der Waals surface area contributed by atoms with Gasteiger partial charge in [0.2, 0.25) is 21.8 Å². The van der Waals surface area contributed by atoms with Crippen LogP contribution in [0.2, 0.25) is 0 Å². The summed E-state index contributed by atoms with van der Waals surface area (Å²) in [4.78, 5) is 27.8. The fourth-order valence-electron chi connectivity index (χ4n) is 3.66. The Kier molecular flexibility index (Phi) is 10.4. The molecular weight excluding hydrogens is 546 g/mol. The Bertz CT molecular complexity index is 1150. The molecule has 0 aromatic heterocycles. The lowest BCUT2D eigenvalue weighted by Crippen LogP contribution is -2.52. The molecule has 0 radical (unpaired) electrons. The summed E-state index contributed by atoms with van der Waals surface area (Å²) in [5.41, 5.74) is 0.857. The summed E-state index contributed by atoms with van der Waals surface area (Å²) in [5.74, 6) is -0.0544. The van der Waals surface area contributed by atoms with Gasteiger partial charge in [0.15, 0.2) is 0 Å². The van der Waals surface area contributed by atoms with E-state index < -0.39 is 21.6 Å². The highest BCUT2D eigenvalue weighted by Crippen LogP contribution is 2.29. The molecule has 2 rings (SSSR count). The Morgan fingerprint density at radius 2 is 1.69 bits per heavy atom. The van der Waals surface area contributed by atoms with Gasteiger partial charge < -0.3 is 15.0 Å². The molecule has 1 N–H and O–H groups in total. The van der Waals surface area contributed by atoms with E-state index in [4.69, 9.17) is 4.74 Å². The average Bonchev–Trinajstić information content (AvgIpc) is 2.79. The van der Waals surface area contributed by atoms with E-state index in [0.29, 0.717) is 11.4 Å². The minimum absolute atomic E-state index is 0.0742. The summed E-state index contributed by atoms with van der Waals surface area (Å²) < 4.78 is 32.5. The van der Waals surface area contributed by atoms with Gasteiger partial charge in [0.05, 0.1) is 19.1 Å². The molecule has 0 spiro atoms. The lowest BCUT2D eigenvalue weighted by molar-refractivity contribution is -0.141. The molecule has 1 atom stereocenters. The Labute approximate surface area is 223 Å². The summed E-state index contributed by atoms with van der Waals surface area (Å²) >= 11 is 3.41. The molecule has 0 unspecified atom stereocenters. The number of sulfonamides is 1. The smallest absolute Gasteiger partial charge is 0.242 e. The van der Waals surface area contributed by atoms with E-state index in [2.05, 4.69) is 21.2 Å². The van der Waals surface area contributed by atoms with Crippen molar-refractivity contribution in [1.82, 2.24) is 10.2 Å². The predicted molar refractivity (Wildman–Crippen MR) is 146 cm³/mol. The van der Waals surface area contributed by atoms with Gasteiger partial charge in [-0.25, -0.2) is 8.42 Å². The largest absolute Gasteiger partial charge is 0.495 e. The van der Waals surface area contributed by atoms with Crippen LogP contribution in [0.4, 0.5) is 5.69 Å². The van der Waals surface area contributed by atoms with Crippen molar-refractivity contribution in [2.75, 3.05) is 24.2 Å². The number of benzene rings is 2. The van der Waals surface area contributed by atoms with Crippen LogP contribution in [0.25, 0.3) is 0 Å². The van der Waals surface area contributed by atoms with Gasteiger partial charge in [0, 0.05) is 29.5 Å². The summed E-state index contributed by atoms with van der Waals surface area (Å²) in [6.07, 6.45) is 1.47. The second-order valence-electron chi connectivity index (χ2n) is 9.67. The maximum atomic E-state index is 13.4. The number of methoxy groups -OCH3 is 1. The first kappa shape index (κ1) is 29.6. The van der Waals surface area contributed by atoms with Crippen LogP contribution in [-0.4, -0.2) is 56.6 Å². The van der Waals surface area contributed by atoms with Crippen LogP contribution in [-0.2, 0) is 26.2 Å². The maximum Gasteiger partial charge on any atom is 0.242 e. The van der Waals surface area contributed by atoms with Crippen LogP contribution < -0.4 is 14.4 Å². The van der Waals surface area contributed by atoms with E-state index in [1.807, 2.05) is 45.0 Å². The number of carbonyl (C=O) groups excluding carboxylic acids is 2. The first-order chi connectivity index (χ1) is 16.7. The van der Waals surface area contributed by atoms with Crippen molar-refractivity contribution >= 4 is 43.5 Å². The molecule has 0 aliphatic carbocycles. The Balaban J connectivity index is 2.21. The van der Waals surface area contributed by atoms with E-state index in [0.717, 1.165) is 16.3 Å². The highest BCUT2D eigenvalue weighted by molar-refractivity contribution is 9.10. The standard InChI is InChI=1S/C26H36BrN3O5S/c1-19(25(32)28-26(2,3)4)29(18-20-13-15-21(27)16-14-20)24(31)12-9-17-30(36(6,33)34)22-10-7-8-11-23(22)35-5/h7-8,10-11,13-16,19H,9,12,17-18H2,1-6H3,(H,28,32)/t19-/m1/s1. The SMILES string of the molecule is COc1ccccc1N(CCCC(=O)N(Cc1ccc(Br)cc1)[C@H](C)C(=O)NC(C)(C)C)S(C)(=O)=O. The number of nitrogens with zero attached hydrogens (tertiary/aromatic N) is 2. The highest BCUT2D eigenvalue weighted by atomic mass is 79.9. The second-order valence-corrected chi connectivity index (χ2v) is 12.5. The number of hydrogen-bond acceptors (Lipinski definition) is 5. The normalized spacial score (nSPS) is 12.5. The molecule has 0 saturated carbocycles. The van der Waals surface area contributed by atoms with E-state index in [-0.39, 0.29) is 37.7 Å². The molecule has 0 aliphatic heterocycles. The number of carbonyl (C=O) groups is 2. The number of rotatable bonds is 11. The van der Waals surface area contributed by atoms with Crippen molar-refractivity contribution in [2.45, 2.75) is 58.7 Å². The van der Waals surface area contributed by atoms with Crippen LogP contribution >= 0.6 is 15.9 Å². The molecule has 0 saturated heterocycles. The second kappa shape index (κ2) is 12.6. The van der Waals surface area contributed by atoms with Gasteiger partial charge in [-0.1, -0.05) is 40.2 Å². The van der Waals surface area contributed by atoms with Crippen LogP contribution in [0, 0.1) is 0 Å². The van der Waals surface area contributed by atoms with Crippen molar-refractivity contribution < 1.29 is 22.7 Å². The zero-order valence-electron chi connectivity index (χ0n) is 21.7. The molecule has 2 aromatic carbocycles. The third kappa shape index (κ3) is 8.81. The van der Waals surface area contributed by atoms with Crippen molar-refractivity contribution in [2.24, 2.45) is 0 Å². The molecule has 198 valence electrons. The molecule has 8 nitrogen and oxygen atoms in total. The molecule has 0 aliphatic rings. The number of hydrogen-bond donors (Lipinski definition) is 1. The van der Waals surface area contributed by atoms with Crippen molar-refractivity contribution in [3.8, 4) is 5.75 Å². The summed E-state index contributed by atoms with van der Waals surface area (Å²) in [6.45, 7) is 7.71. The number of ether oxygens (including phenoxy) is 1. The summed E-state index contributed by atoms with van der Waals surface area (Å²) in [5, 5.41) is 2.94. The van der Waals surface area contributed by atoms with Crippen LogP contribution in [0.15, 0.2) is 53.0 Å². The number of halogens is 1. The number of amides is 2. The third-order valence-electron chi connectivity index (χ3n) is 5.44. The van der Waals surface area contributed by atoms with Gasteiger partial charge in [0.1, 0.15) is 11.8 Å². The summed E-state index contributed by atoms with van der Waals surface area (Å²) in [6, 6.07) is 13.7. The van der Waals surface area contributed by atoms with E-state index in [9.17, 15) is 18.0 Å². The first-order valence-electron chi connectivity index (χ1n) is 11.7. The number of para-hydroxylation sites is 2. The van der Waals surface area contributed by atoms with Crippen LogP contribution in [0.3, 0.4) is 0 Å². The predicted octanol–water partition coefficient (Wildman–Crippen LogP) is 4.34. The lowest BCUT2D eigenvalue weighted by Gasteiger charge is -2.32. The van der Waals surface area contributed by atoms with Gasteiger partial charge in [-0.15, -0.1) is 0 Å². The molecule has 2 aromatic rings. The molecule has 0 bridgehead atoms. The average molecular weight is 583 g/mol. The van der Waals surface area contributed by atoms with Gasteiger partial charge >= 0.3 is 0 Å². The third-order valence-corrected chi connectivity index (χ3v) is 7.15. The van der Waals surface area contributed by atoms with Crippen molar-refractivity contribution in [1.29, 1.82) is 0 Å². The van der Waals surface area contributed by atoms with E-state index >= 15 is 0 Å². The Morgan fingerprint density at radius 3 is 2.25 bits per heavy atom. The molecule has 36 heavy (non-hydrogen) atoms. The summed E-state index contributed by atoms with van der Waals surface area (Å²) in [7, 11) is -2.13. The van der Waals surface area contributed by atoms with Crippen LogP contribution in [0.5, 0.6) is 5.75 Å². The fourth-order valence-corrected chi connectivity index (χ4v) is 4.89. The van der Waals surface area contributed by atoms with Crippen LogP contribution in [0.1, 0.15) is 46.1 Å². The Morgan fingerprint density at radius 1 is 1.08 bits per heavy atom. The Hall–Kier alpha value is -2.59. The van der Waals surface area contributed by atoms with Crippen molar-refractivity contribution in [3.05, 3.63) is 58.6 Å².